The third-order valence-electron chi connectivity index (χ3n) is 10.7. The molecule has 5 fully saturated rings. The van der Waals surface area contributed by atoms with E-state index in [0.29, 0.717) is 28.4 Å². The van der Waals surface area contributed by atoms with Gasteiger partial charge in [-0.1, -0.05) is 29.8 Å². The molecule has 0 bridgehead atoms. The Morgan fingerprint density at radius 1 is 1.10 bits per heavy atom. The van der Waals surface area contributed by atoms with Crippen molar-refractivity contribution in [2.24, 2.45) is 46.3 Å². The molecule has 0 amide bonds. The Morgan fingerprint density at radius 2 is 1.90 bits per heavy atom. The van der Waals surface area contributed by atoms with Crippen molar-refractivity contribution in [3.05, 3.63) is 0 Å². The van der Waals surface area contributed by atoms with Gasteiger partial charge in [0.05, 0.1) is 24.1 Å². The third kappa shape index (κ3) is 3.28. The molecule has 0 spiro atoms. The van der Waals surface area contributed by atoms with Crippen LogP contribution in [0.2, 0.25) is 0 Å². The molecule has 1 aliphatic heterocycles. The molecule has 30 heavy (non-hydrogen) atoms. The molecular weight excluding hydrogens is 442 g/mol. The Balaban J connectivity index is 1.39. The number of aliphatic hydroxyl groups excluding tert-OH is 1. The van der Waals surface area contributed by atoms with Crippen molar-refractivity contribution in [3.63, 3.8) is 0 Å². The van der Waals surface area contributed by atoms with Crippen LogP contribution in [0.3, 0.4) is 0 Å². The van der Waals surface area contributed by atoms with Gasteiger partial charge < -0.3 is 15.2 Å². The van der Waals surface area contributed by atoms with E-state index in [1.165, 1.54) is 32.1 Å². The molecule has 4 nitrogen and oxygen atoms in total. The Morgan fingerprint density at radius 3 is 2.63 bits per heavy atom. The number of aliphatic hydroxyl groups is 1. The second kappa shape index (κ2) is 8.11. The Kier molecular flexibility index (Phi) is 5.91. The van der Waals surface area contributed by atoms with Crippen molar-refractivity contribution in [3.8, 4) is 0 Å². The number of ether oxygens (including phenoxy) is 1. The first kappa shape index (κ1) is 21.9. The van der Waals surface area contributed by atoms with Crippen molar-refractivity contribution in [2.45, 2.75) is 77.4 Å². The van der Waals surface area contributed by atoms with E-state index in [9.17, 15) is 9.90 Å². The normalized spacial score (nSPS) is 53.5. The average molecular weight is 483 g/mol. The summed E-state index contributed by atoms with van der Waals surface area (Å²) >= 11 is 3.45. The lowest BCUT2D eigenvalue weighted by Gasteiger charge is -2.62. The lowest BCUT2D eigenvalue weighted by Crippen LogP contribution is -2.58. The first-order valence-corrected chi connectivity index (χ1v) is 13.6. The van der Waals surface area contributed by atoms with Crippen LogP contribution in [0.15, 0.2) is 0 Å². The largest absolute Gasteiger partial charge is 0.393 e. The lowest BCUT2D eigenvalue weighted by atomic mass is 9.43. The number of carbonyl (C=O) groups excluding carboxylic acids is 1. The Bertz CT molecular complexity index is 667. The number of ketones is 1. The van der Waals surface area contributed by atoms with Crippen molar-refractivity contribution < 1.29 is 14.6 Å². The van der Waals surface area contributed by atoms with E-state index >= 15 is 0 Å². The second-order valence-electron chi connectivity index (χ2n) is 11.7. The van der Waals surface area contributed by atoms with Crippen LogP contribution in [-0.4, -0.2) is 48.1 Å². The van der Waals surface area contributed by atoms with Crippen molar-refractivity contribution >= 4 is 21.7 Å². The van der Waals surface area contributed by atoms with E-state index in [2.05, 4.69) is 35.1 Å². The zero-order chi connectivity index (χ0) is 21.1. The van der Waals surface area contributed by atoms with E-state index in [4.69, 9.17) is 4.74 Å². The van der Waals surface area contributed by atoms with Crippen LogP contribution in [0, 0.1) is 46.3 Å². The minimum atomic E-state index is -0.217. The molecule has 5 heteroatoms. The average Bonchev–Trinajstić information content (AvgIpc) is 3.11. The maximum Gasteiger partial charge on any atom is 0.147 e. The molecule has 0 aromatic heterocycles. The molecule has 0 aromatic rings. The Labute approximate surface area is 190 Å². The van der Waals surface area contributed by atoms with E-state index in [0.717, 1.165) is 50.8 Å². The SMILES string of the molecule is C[C@]12C[C@H](C3CNCCO3)[C@@H](O)C[C@@H]1CC[C@@H]1[C@@H]2CC[C@]2(C)[C@@H](C(=O)CBr)CC[C@@H]12. The van der Waals surface area contributed by atoms with Gasteiger partial charge in [0, 0.05) is 24.9 Å². The number of morpholine rings is 1. The summed E-state index contributed by atoms with van der Waals surface area (Å²) in [6, 6.07) is 0. The molecule has 2 N–H and O–H groups in total. The zero-order valence-corrected chi connectivity index (χ0v) is 20.3. The molecule has 1 unspecified atom stereocenters. The van der Waals surface area contributed by atoms with Crippen molar-refractivity contribution in [1.29, 1.82) is 0 Å². The van der Waals surface area contributed by atoms with Gasteiger partial charge in [-0.15, -0.1) is 0 Å². The van der Waals surface area contributed by atoms with Crippen LogP contribution < -0.4 is 5.32 Å². The number of nitrogens with one attached hydrogen (secondary N) is 1. The number of hydrogen-bond donors (Lipinski definition) is 2. The van der Waals surface area contributed by atoms with Gasteiger partial charge in [-0.25, -0.2) is 0 Å². The minimum Gasteiger partial charge on any atom is -0.393 e. The molecule has 1 heterocycles. The van der Waals surface area contributed by atoms with E-state index < -0.39 is 0 Å². The molecule has 5 rings (SSSR count). The Hall–Kier alpha value is 0.0300. The fourth-order valence-electron chi connectivity index (χ4n) is 9.21. The summed E-state index contributed by atoms with van der Waals surface area (Å²) in [5, 5.41) is 15.0. The lowest BCUT2D eigenvalue weighted by molar-refractivity contribution is -0.167. The number of fused-ring (bicyclic) bond motifs is 5. The minimum absolute atomic E-state index is 0.160. The van der Waals surface area contributed by atoms with Gasteiger partial charge in [0.25, 0.3) is 0 Å². The third-order valence-corrected chi connectivity index (χ3v) is 11.3. The van der Waals surface area contributed by atoms with Gasteiger partial charge >= 0.3 is 0 Å². The van der Waals surface area contributed by atoms with Crippen LogP contribution in [-0.2, 0) is 9.53 Å². The summed E-state index contributed by atoms with van der Waals surface area (Å²) in [6.45, 7) is 7.58. The highest BCUT2D eigenvalue weighted by atomic mass is 79.9. The van der Waals surface area contributed by atoms with Gasteiger partial charge in [0.15, 0.2) is 0 Å². The van der Waals surface area contributed by atoms with Gasteiger partial charge in [-0.3, -0.25) is 4.79 Å². The smallest absolute Gasteiger partial charge is 0.147 e. The summed E-state index contributed by atoms with van der Waals surface area (Å²) in [4.78, 5) is 12.7. The van der Waals surface area contributed by atoms with Gasteiger partial charge in [-0.05, 0) is 85.9 Å². The fourth-order valence-corrected chi connectivity index (χ4v) is 9.60. The molecule has 1 saturated heterocycles. The number of alkyl halides is 1. The molecule has 170 valence electrons. The molecule has 5 aliphatic rings. The van der Waals surface area contributed by atoms with E-state index in [-0.39, 0.29) is 29.5 Å². The van der Waals surface area contributed by atoms with Crippen LogP contribution in [0.5, 0.6) is 0 Å². The highest BCUT2D eigenvalue weighted by molar-refractivity contribution is 9.09. The van der Waals surface area contributed by atoms with Crippen LogP contribution in [0.25, 0.3) is 0 Å². The molecule has 4 aliphatic carbocycles. The number of carbonyl (C=O) groups is 1. The van der Waals surface area contributed by atoms with Crippen molar-refractivity contribution in [2.75, 3.05) is 25.0 Å². The monoisotopic (exact) mass is 481 g/mol. The van der Waals surface area contributed by atoms with E-state index in [1.54, 1.807) is 0 Å². The number of Topliss-reactive ketones (excluding diaryl/α,β-unsaturated/α-hetero) is 1. The van der Waals surface area contributed by atoms with Crippen molar-refractivity contribution in [1.82, 2.24) is 5.32 Å². The highest BCUT2D eigenvalue weighted by Gasteiger charge is 2.62. The predicted octanol–water partition coefficient (Wildman–Crippen LogP) is 4.18. The standard InChI is InChI=1S/C25H40BrNO3/c1-24-8-7-19-16(18(24)5-6-20(24)22(29)13-26)4-3-15-11-21(28)17(12-25(15,19)2)23-14-27-9-10-30-23/h15-21,23,27-28H,3-14H2,1-2H3/t15-,16-,17-,18-,19-,20+,21-,23?,24-,25-/m0/s1. The van der Waals surface area contributed by atoms with Gasteiger partial charge in [0.1, 0.15) is 5.78 Å². The molecule has 10 atom stereocenters. The summed E-state index contributed by atoms with van der Waals surface area (Å²) < 4.78 is 6.12. The summed E-state index contributed by atoms with van der Waals surface area (Å²) in [6.07, 6.45) is 9.38. The number of halogens is 1. The summed E-state index contributed by atoms with van der Waals surface area (Å²) in [5.74, 6) is 3.82. The maximum absolute atomic E-state index is 12.7. The fraction of sp³-hybridized carbons (Fsp3) is 0.960. The molecule has 0 radical (unpaired) electrons. The topological polar surface area (TPSA) is 58.6 Å². The zero-order valence-electron chi connectivity index (χ0n) is 18.7. The van der Waals surface area contributed by atoms with Crippen LogP contribution in [0.1, 0.15) is 65.2 Å². The maximum atomic E-state index is 12.7. The van der Waals surface area contributed by atoms with Gasteiger partial charge in [-0.2, -0.15) is 0 Å². The quantitative estimate of drug-likeness (QED) is 0.593. The van der Waals surface area contributed by atoms with Crippen LogP contribution >= 0.6 is 15.9 Å². The molecule has 0 aromatic carbocycles. The second-order valence-corrected chi connectivity index (χ2v) is 12.3. The summed E-state index contributed by atoms with van der Waals surface area (Å²) in [7, 11) is 0. The highest BCUT2D eigenvalue weighted by Crippen LogP contribution is 2.68. The number of hydrogen-bond acceptors (Lipinski definition) is 4. The van der Waals surface area contributed by atoms with Crippen LogP contribution in [0.4, 0.5) is 0 Å². The first-order chi connectivity index (χ1) is 14.4. The van der Waals surface area contributed by atoms with E-state index in [1.807, 2.05) is 0 Å². The molecular formula is C25H40BrNO3. The molecule has 4 saturated carbocycles. The van der Waals surface area contributed by atoms with Gasteiger partial charge in [0.2, 0.25) is 0 Å². The first-order valence-electron chi connectivity index (χ1n) is 12.5. The number of rotatable bonds is 3. The predicted molar refractivity (Wildman–Crippen MR) is 122 cm³/mol. The summed E-state index contributed by atoms with van der Waals surface area (Å²) in [5.41, 5.74) is 0.520.